The average molecular weight is 326 g/mol. The number of rotatable bonds is 6. The van der Waals surface area contributed by atoms with Crippen LogP contribution in [0.2, 0.25) is 0 Å². The van der Waals surface area contributed by atoms with Gasteiger partial charge in [-0.25, -0.2) is 4.79 Å². The topological polar surface area (TPSA) is 84.5 Å². The van der Waals surface area contributed by atoms with E-state index in [4.69, 9.17) is 4.42 Å². The van der Waals surface area contributed by atoms with E-state index in [2.05, 4.69) is 5.32 Å². The summed E-state index contributed by atoms with van der Waals surface area (Å²) in [4.78, 5) is 24.0. The van der Waals surface area contributed by atoms with Crippen molar-refractivity contribution in [2.24, 2.45) is 0 Å². The standard InChI is InChI=1S/C18H18N2O4/c21-12-14(13-6-2-1-3-7-13)19-17(22)10-11-20-15-8-4-5-9-16(15)24-18(20)23/h1-9,14,21H,10-12H2,(H,19,22). The molecule has 2 aromatic carbocycles. The number of oxazole rings is 1. The smallest absolute Gasteiger partial charge is 0.408 e. The molecule has 1 aromatic heterocycles. The van der Waals surface area contributed by atoms with E-state index in [9.17, 15) is 14.7 Å². The SMILES string of the molecule is O=C(CCn1c(=O)oc2ccccc21)NC(CO)c1ccccc1. The Hall–Kier alpha value is -2.86. The fourth-order valence-corrected chi connectivity index (χ4v) is 2.63. The lowest BCUT2D eigenvalue weighted by molar-refractivity contribution is -0.122. The number of carbonyl (C=O) groups is 1. The first kappa shape index (κ1) is 16.0. The van der Waals surface area contributed by atoms with Gasteiger partial charge in [0.15, 0.2) is 5.58 Å². The lowest BCUT2D eigenvalue weighted by atomic mass is 10.1. The zero-order chi connectivity index (χ0) is 16.9. The van der Waals surface area contributed by atoms with Gasteiger partial charge in [0, 0.05) is 13.0 Å². The number of hydrogen-bond acceptors (Lipinski definition) is 4. The van der Waals surface area contributed by atoms with Gasteiger partial charge < -0.3 is 14.8 Å². The number of hydrogen-bond donors (Lipinski definition) is 2. The molecule has 0 saturated heterocycles. The maximum atomic E-state index is 12.2. The molecule has 1 atom stereocenters. The summed E-state index contributed by atoms with van der Waals surface area (Å²) in [6.45, 7) is 0.0267. The number of fused-ring (bicyclic) bond motifs is 1. The van der Waals surface area contributed by atoms with Gasteiger partial charge in [0.25, 0.3) is 0 Å². The molecular formula is C18H18N2O4. The molecule has 0 radical (unpaired) electrons. The first-order valence-corrected chi connectivity index (χ1v) is 7.72. The molecule has 124 valence electrons. The van der Waals surface area contributed by atoms with Gasteiger partial charge >= 0.3 is 5.76 Å². The number of aryl methyl sites for hydroxylation is 1. The van der Waals surface area contributed by atoms with Crippen LogP contribution < -0.4 is 11.1 Å². The minimum atomic E-state index is -0.481. The molecule has 0 spiro atoms. The zero-order valence-electron chi connectivity index (χ0n) is 13.0. The predicted molar refractivity (Wildman–Crippen MR) is 89.5 cm³/mol. The summed E-state index contributed by atoms with van der Waals surface area (Å²) in [5.74, 6) is -0.721. The fourth-order valence-electron chi connectivity index (χ4n) is 2.63. The van der Waals surface area contributed by atoms with E-state index < -0.39 is 11.8 Å². The van der Waals surface area contributed by atoms with E-state index in [1.165, 1.54) is 4.57 Å². The normalized spacial score (nSPS) is 12.2. The molecule has 0 aliphatic carbocycles. The van der Waals surface area contributed by atoms with Crippen LogP contribution >= 0.6 is 0 Å². The number of aromatic nitrogens is 1. The highest BCUT2D eigenvalue weighted by Crippen LogP contribution is 2.13. The van der Waals surface area contributed by atoms with E-state index in [0.717, 1.165) is 5.56 Å². The molecule has 0 fully saturated rings. The molecule has 0 saturated carbocycles. The number of para-hydroxylation sites is 2. The number of aliphatic hydroxyl groups excluding tert-OH is 1. The van der Waals surface area contributed by atoms with Crippen LogP contribution in [0, 0.1) is 0 Å². The van der Waals surface area contributed by atoms with Crippen molar-refractivity contribution >= 4 is 17.0 Å². The van der Waals surface area contributed by atoms with Crippen LogP contribution in [0.15, 0.2) is 63.8 Å². The minimum absolute atomic E-state index is 0.118. The molecular weight excluding hydrogens is 308 g/mol. The first-order chi connectivity index (χ1) is 11.7. The lowest BCUT2D eigenvalue weighted by Crippen LogP contribution is -2.32. The predicted octanol–water partition coefficient (Wildman–Crippen LogP) is 1.83. The van der Waals surface area contributed by atoms with Gasteiger partial charge in [0.2, 0.25) is 5.91 Å². The third-order valence-corrected chi connectivity index (χ3v) is 3.86. The number of aliphatic hydroxyl groups is 1. The molecule has 3 aromatic rings. The van der Waals surface area contributed by atoms with Crippen molar-refractivity contribution in [3.8, 4) is 0 Å². The molecule has 1 amide bonds. The third-order valence-electron chi connectivity index (χ3n) is 3.86. The lowest BCUT2D eigenvalue weighted by Gasteiger charge is -2.16. The summed E-state index contributed by atoms with van der Waals surface area (Å²) in [5, 5.41) is 12.3. The number of nitrogens with one attached hydrogen (secondary N) is 1. The molecule has 0 aliphatic heterocycles. The average Bonchev–Trinajstić information content (AvgIpc) is 2.93. The zero-order valence-corrected chi connectivity index (χ0v) is 13.0. The Bertz CT molecular complexity index is 883. The molecule has 6 heteroatoms. The van der Waals surface area contributed by atoms with Crippen LogP contribution in [0.3, 0.4) is 0 Å². The summed E-state index contributed by atoms with van der Waals surface area (Å²) in [6, 6.07) is 15.9. The summed E-state index contributed by atoms with van der Waals surface area (Å²) < 4.78 is 6.57. The number of amides is 1. The van der Waals surface area contributed by atoms with Crippen molar-refractivity contribution in [2.75, 3.05) is 6.61 Å². The van der Waals surface area contributed by atoms with Crippen molar-refractivity contribution in [3.05, 3.63) is 70.7 Å². The Morgan fingerprint density at radius 3 is 2.58 bits per heavy atom. The molecule has 24 heavy (non-hydrogen) atoms. The van der Waals surface area contributed by atoms with Crippen LogP contribution in [0.25, 0.3) is 11.1 Å². The molecule has 0 aliphatic rings. The van der Waals surface area contributed by atoms with Crippen molar-refractivity contribution in [1.29, 1.82) is 0 Å². The van der Waals surface area contributed by atoms with Gasteiger partial charge in [-0.2, -0.15) is 0 Å². The van der Waals surface area contributed by atoms with Crippen LogP contribution in [0.5, 0.6) is 0 Å². The van der Waals surface area contributed by atoms with E-state index in [1.807, 2.05) is 36.4 Å². The Labute approximate surface area is 138 Å². The number of nitrogens with zero attached hydrogens (tertiary/aromatic N) is 1. The highest BCUT2D eigenvalue weighted by atomic mass is 16.4. The Kier molecular flexibility index (Phi) is 4.77. The fraction of sp³-hybridized carbons (Fsp3) is 0.222. The van der Waals surface area contributed by atoms with Crippen molar-refractivity contribution in [3.63, 3.8) is 0 Å². The maximum absolute atomic E-state index is 12.2. The maximum Gasteiger partial charge on any atom is 0.419 e. The van der Waals surface area contributed by atoms with Crippen molar-refractivity contribution in [2.45, 2.75) is 19.0 Å². The molecule has 1 unspecified atom stereocenters. The van der Waals surface area contributed by atoms with Gasteiger partial charge in [-0.15, -0.1) is 0 Å². The number of benzene rings is 2. The summed E-state index contributed by atoms with van der Waals surface area (Å²) in [6.07, 6.45) is 0.118. The monoisotopic (exact) mass is 326 g/mol. The van der Waals surface area contributed by atoms with Gasteiger partial charge in [0.05, 0.1) is 18.2 Å². The first-order valence-electron chi connectivity index (χ1n) is 7.72. The van der Waals surface area contributed by atoms with Crippen LogP contribution in [0.4, 0.5) is 0 Å². The van der Waals surface area contributed by atoms with Gasteiger partial charge in [-0.05, 0) is 17.7 Å². The second-order valence-electron chi connectivity index (χ2n) is 5.45. The van der Waals surface area contributed by atoms with Crippen LogP contribution in [-0.2, 0) is 11.3 Å². The summed E-state index contributed by atoms with van der Waals surface area (Å²) in [5.41, 5.74) is 2.00. The Morgan fingerprint density at radius 2 is 1.83 bits per heavy atom. The molecule has 3 rings (SSSR count). The quantitative estimate of drug-likeness (QED) is 0.724. The van der Waals surface area contributed by atoms with E-state index in [0.29, 0.717) is 11.1 Å². The molecule has 2 N–H and O–H groups in total. The molecule has 0 bridgehead atoms. The second-order valence-corrected chi connectivity index (χ2v) is 5.45. The van der Waals surface area contributed by atoms with Gasteiger partial charge in [0.1, 0.15) is 0 Å². The Morgan fingerprint density at radius 1 is 1.12 bits per heavy atom. The van der Waals surface area contributed by atoms with E-state index in [1.54, 1.807) is 18.2 Å². The van der Waals surface area contributed by atoms with Gasteiger partial charge in [-0.1, -0.05) is 42.5 Å². The third kappa shape index (κ3) is 3.38. The molecule has 1 heterocycles. The van der Waals surface area contributed by atoms with Crippen molar-refractivity contribution in [1.82, 2.24) is 9.88 Å². The minimum Gasteiger partial charge on any atom is -0.408 e. The highest BCUT2D eigenvalue weighted by molar-refractivity contribution is 5.77. The largest absolute Gasteiger partial charge is 0.419 e. The highest BCUT2D eigenvalue weighted by Gasteiger charge is 2.15. The number of carbonyl (C=O) groups excluding carboxylic acids is 1. The van der Waals surface area contributed by atoms with E-state index in [-0.39, 0.29) is 25.5 Å². The summed E-state index contributed by atoms with van der Waals surface area (Å²) in [7, 11) is 0. The second kappa shape index (κ2) is 7.14. The Balaban J connectivity index is 1.67. The molecule has 6 nitrogen and oxygen atoms in total. The van der Waals surface area contributed by atoms with E-state index >= 15 is 0 Å². The van der Waals surface area contributed by atoms with Crippen LogP contribution in [-0.4, -0.2) is 22.2 Å². The van der Waals surface area contributed by atoms with Gasteiger partial charge in [-0.3, -0.25) is 9.36 Å². The van der Waals surface area contributed by atoms with Crippen LogP contribution in [0.1, 0.15) is 18.0 Å². The summed E-state index contributed by atoms with van der Waals surface area (Å²) >= 11 is 0. The van der Waals surface area contributed by atoms with Crippen molar-refractivity contribution < 1.29 is 14.3 Å².